The Bertz CT molecular complexity index is 409. The Hall–Kier alpha value is -1.26. The molecular weight excluding hydrogens is 240 g/mol. The van der Waals surface area contributed by atoms with Crippen LogP contribution in [0.4, 0.5) is 0 Å². The highest BCUT2D eigenvalue weighted by Gasteiger charge is 2.12. The first kappa shape index (κ1) is 14.2. The Morgan fingerprint density at radius 3 is 2.74 bits per heavy atom. The second kappa shape index (κ2) is 6.78. The van der Waals surface area contributed by atoms with Crippen molar-refractivity contribution in [1.82, 2.24) is 4.90 Å². The number of nitrogens with zero attached hydrogens (tertiary/aromatic N) is 1. The number of nitrogens with two attached hydrogens (primary N) is 1. The van der Waals surface area contributed by atoms with E-state index in [1.54, 1.807) is 0 Å². The molecule has 19 heavy (non-hydrogen) atoms. The summed E-state index contributed by atoms with van der Waals surface area (Å²) in [5.74, 6) is 1.74. The van der Waals surface area contributed by atoms with E-state index in [2.05, 4.69) is 31.0 Å². The molecule has 1 heterocycles. The molecule has 106 valence electrons. The van der Waals surface area contributed by atoms with Gasteiger partial charge in [0.25, 0.3) is 0 Å². The number of rotatable bonds is 6. The lowest BCUT2D eigenvalue weighted by Gasteiger charge is -2.24. The van der Waals surface area contributed by atoms with Gasteiger partial charge in [-0.25, -0.2) is 0 Å². The molecule has 0 saturated carbocycles. The van der Waals surface area contributed by atoms with E-state index in [1.165, 1.54) is 5.56 Å². The maximum Gasteiger partial charge on any atom is 0.161 e. The summed E-state index contributed by atoms with van der Waals surface area (Å²) in [7, 11) is 2.15. The van der Waals surface area contributed by atoms with Crippen LogP contribution in [0.5, 0.6) is 11.5 Å². The van der Waals surface area contributed by atoms with Crippen LogP contribution in [0.2, 0.25) is 0 Å². The number of ether oxygens (including phenoxy) is 2. The highest BCUT2D eigenvalue weighted by atomic mass is 16.6. The number of likely N-dealkylation sites (N-methyl/N-ethyl adjacent to an activating group) is 1. The van der Waals surface area contributed by atoms with Gasteiger partial charge in [0, 0.05) is 12.6 Å². The fourth-order valence-corrected chi connectivity index (χ4v) is 2.23. The molecule has 1 aromatic rings. The van der Waals surface area contributed by atoms with Gasteiger partial charge in [0.15, 0.2) is 11.5 Å². The quantitative estimate of drug-likeness (QED) is 0.849. The molecule has 4 heteroatoms. The number of fused-ring (bicyclic) bond motifs is 1. The third kappa shape index (κ3) is 3.85. The van der Waals surface area contributed by atoms with E-state index in [9.17, 15) is 0 Å². The van der Waals surface area contributed by atoms with Crippen LogP contribution in [0.3, 0.4) is 0 Å². The van der Waals surface area contributed by atoms with Gasteiger partial charge in [0.1, 0.15) is 13.2 Å². The molecule has 0 radical (unpaired) electrons. The molecule has 4 nitrogen and oxygen atoms in total. The van der Waals surface area contributed by atoms with Crippen LogP contribution in [0.15, 0.2) is 18.2 Å². The molecule has 0 aliphatic carbocycles. The van der Waals surface area contributed by atoms with E-state index in [0.29, 0.717) is 19.3 Å². The predicted octanol–water partition coefficient (Wildman–Crippen LogP) is 1.67. The molecule has 0 fully saturated rings. The molecule has 0 amide bonds. The smallest absolute Gasteiger partial charge is 0.161 e. The van der Waals surface area contributed by atoms with Gasteiger partial charge in [-0.2, -0.15) is 0 Å². The van der Waals surface area contributed by atoms with Crippen molar-refractivity contribution in [2.75, 3.05) is 33.4 Å². The van der Waals surface area contributed by atoms with Crippen molar-refractivity contribution in [3.05, 3.63) is 23.8 Å². The van der Waals surface area contributed by atoms with Crippen LogP contribution in [0.1, 0.15) is 18.9 Å². The first-order chi connectivity index (χ1) is 9.20. The molecule has 0 aromatic heterocycles. The van der Waals surface area contributed by atoms with Gasteiger partial charge in [-0.05, 0) is 51.1 Å². The SMILES string of the molecule is CC(CCN)N(C)CCc1ccc2c(c1)OCCO2. The van der Waals surface area contributed by atoms with E-state index in [-0.39, 0.29) is 0 Å². The maximum absolute atomic E-state index is 5.60. The second-order valence-corrected chi connectivity index (χ2v) is 5.13. The first-order valence-corrected chi connectivity index (χ1v) is 6.99. The van der Waals surface area contributed by atoms with E-state index >= 15 is 0 Å². The molecule has 1 aliphatic heterocycles. The summed E-state index contributed by atoms with van der Waals surface area (Å²) in [6.07, 6.45) is 2.06. The van der Waals surface area contributed by atoms with E-state index < -0.39 is 0 Å². The zero-order valence-electron chi connectivity index (χ0n) is 11.9. The molecule has 0 bridgehead atoms. The summed E-state index contributed by atoms with van der Waals surface area (Å²) < 4.78 is 11.1. The standard InChI is InChI=1S/C15H24N2O2/c1-12(5-7-16)17(2)8-6-13-3-4-14-15(11-13)19-10-9-18-14/h3-4,11-12H,5-10,16H2,1-2H3. The van der Waals surface area contributed by atoms with Gasteiger partial charge in [0.05, 0.1) is 0 Å². The van der Waals surface area contributed by atoms with Gasteiger partial charge in [-0.15, -0.1) is 0 Å². The maximum atomic E-state index is 5.60. The molecule has 2 N–H and O–H groups in total. The first-order valence-electron chi connectivity index (χ1n) is 6.99. The van der Waals surface area contributed by atoms with Gasteiger partial charge < -0.3 is 20.1 Å². The lowest BCUT2D eigenvalue weighted by atomic mass is 10.1. The van der Waals surface area contributed by atoms with Crippen LogP contribution in [-0.2, 0) is 6.42 Å². The Morgan fingerprint density at radius 2 is 2.00 bits per heavy atom. The fraction of sp³-hybridized carbons (Fsp3) is 0.600. The summed E-state index contributed by atoms with van der Waals surface area (Å²) in [6.45, 7) is 5.28. The molecule has 1 atom stereocenters. The predicted molar refractivity (Wildman–Crippen MR) is 76.9 cm³/mol. The lowest BCUT2D eigenvalue weighted by molar-refractivity contribution is 0.171. The van der Waals surface area contributed by atoms with Crippen molar-refractivity contribution in [1.29, 1.82) is 0 Å². The third-order valence-electron chi connectivity index (χ3n) is 3.70. The van der Waals surface area contributed by atoms with Gasteiger partial charge in [-0.1, -0.05) is 6.07 Å². The van der Waals surface area contributed by atoms with Crippen molar-refractivity contribution >= 4 is 0 Å². The second-order valence-electron chi connectivity index (χ2n) is 5.13. The van der Waals surface area contributed by atoms with Crippen LogP contribution in [-0.4, -0.2) is 44.3 Å². The van der Waals surface area contributed by atoms with Crippen molar-refractivity contribution < 1.29 is 9.47 Å². The molecule has 1 aliphatic rings. The van der Waals surface area contributed by atoms with E-state index in [4.69, 9.17) is 15.2 Å². The minimum atomic E-state index is 0.530. The zero-order chi connectivity index (χ0) is 13.7. The summed E-state index contributed by atoms with van der Waals surface area (Å²) >= 11 is 0. The average Bonchev–Trinajstić information content (AvgIpc) is 2.44. The number of hydrogen-bond donors (Lipinski definition) is 1. The van der Waals surface area contributed by atoms with Gasteiger partial charge in [0.2, 0.25) is 0 Å². The van der Waals surface area contributed by atoms with Crippen LogP contribution >= 0.6 is 0 Å². The third-order valence-corrected chi connectivity index (χ3v) is 3.70. The average molecular weight is 264 g/mol. The Morgan fingerprint density at radius 1 is 1.26 bits per heavy atom. The largest absolute Gasteiger partial charge is 0.486 e. The highest BCUT2D eigenvalue weighted by molar-refractivity contribution is 5.43. The molecule has 1 aromatic carbocycles. The van der Waals surface area contributed by atoms with Crippen molar-refractivity contribution in [2.45, 2.75) is 25.8 Å². The summed E-state index contributed by atoms with van der Waals surface area (Å²) in [4.78, 5) is 2.35. The summed E-state index contributed by atoms with van der Waals surface area (Å²) in [6, 6.07) is 6.75. The van der Waals surface area contributed by atoms with Gasteiger partial charge in [-0.3, -0.25) is 0 Å². The monoisotopic (exact) mass is 264 g/mol. The number of hydrogen-bond acceptors (Lipinski definition) is 4. The minimum Gasteiger partial charge on any atom is -0.486 e. The van der Waals surface area contributed by atoms with Crippen LogP contribution in [0, 0.1) is 0 Å². The lowest BCUT2D eigenvalue weighted by Crippen LogP contribution is -2.32. The molecule has 1 unspecified atom stereocenters. The van der Waals surface area contributed by atoms with Crippen LogP contribution in [0.25, 0.3) is 0 Å². The van der Waals surface area contributed by atoms with Crippen LogP contribution < -0.4 is 15.2 Å². The Kier molecular flexibility index (Phi) is 5.05. The van der Waals surface area contributed by atoms with Crippen molar-refractivity contribution in [3.63, 3.8) is 0 Å². The van der Waals surface area contributed by atoms with Gasteiger partial charge >= 0.3 is 0 Å². The fourth-order valence-electron chi connectivity index (χ4n) is 2.23. The Balaban J connectivity index is 1.89. The number of benzene rings is 1. The topological polar surface area (TPSA) is 47.7 Å². The summed E-state index contributed by atoms with van der Waals surface area (Å²) in [5, 5.41) is 0. The zero-order valence-corrected chi connectivity index (χ0v) is 11.9. The molecule has 2 rings (SSSR count). The normalized spacial score (nSPS) is 15.6. The molecule has 0 saturated heterocycles. The summed E-state index contributed by atoms with van der Waals surface area (Å²) in [5.41, 5.74) is 6.88. The van der Waals surface area contributed by atoms with Crippen molar-refractivity contribution in [3.8, 4) is 11.5 Å². The molecular formula is C15H24N2O2. The highest BCUT2D eigenvalue weighted by Crippen LogP contribution is 2.30. The van der Waals surface area contributed by atoms with E-state index in [0.717, 1.165) is 37.4 Å². The minimum absolute atomic E-state index is 0.530. The molecule has 0 spiro atoms. The van der Waals surface area contributed by atoms with Crippen molar-refractivity contribution in [2.24, 2.45) is 5.73 Å². The van der Waals surface area contributed by atoms with E-state index in [1.807, 2.05) is 6.07 Å². The Labute approximate surface area is 115 Å².